The van der Waals surface area contributed by atoms with Crippen LogP contribution in [-0.2, 0) is 12.8 Å². The van der Waals surface area contributed by atoms with E-state index in [1.165, 1.54) is 22.0 Å². The summed E-state index contributed by atoms with van der Waals surface area (Å²) >= 11 is 0. The van der Waals surface area contributed by atoms with Crippen molar-refractivity contribution in [2.75, 3.05) is 0 Å². The van der Waals surface area contributed by atoms with Crippen LogP contribution in [-0.4, -0.2) is 32.8 Å². The fourth-order valence-corrected chi connectivity index (χ4v) is 4.98. The molecule has 168 valence electrons. The zero-order valence-electron chi connectivity index (χ0n) is 19.1. The first-order chi connectivity index (χ1) is 16.3. The molecule has 2 amide bonds. The van der Waals surface area contributed by atoms with Gasteiger partial charge in [0.2, 0.25) is 0 Å². The standard InChI is InChI=1S/C27H22N4O3/c1-14-4-9-19(12-15(14)2)30-27(34)22(16(3)29-30)13-28-31-25(32)20-10-7-17-5-6-18-8-11-21(26(31)33)24(20)23(17)18/h4,7-13,29H,5-6H2,1-3H3. The van der Waals surface area contributed by atoms with Crippen LogP contribution in [0.3, 0.4) is 0 Å². The zero-order valence-corrected chi connectivity index (χ0v) is 19.1. The van der Waals surface area contributed by atoms with Gasteiger partial charge in [-0.25, -0.2) is 4.68 Å². The number of hydrazone groups is 1. The molecule has 1 aromatic heterocycles. The molecule has 6 rings (SSSR count). The highest BCUT2D eigenvalue weighted by Gasteiger charge is 2.35. The van der Waals surface area contributed by atoms with E-state index in [0.29, 0.717) is 28.1 Å². The van der Waals surface area contributed by atoms with Crippen molar-refractivity contribution in [3.8, 4) is 5.69 Å². The van der Waals surface area contributed by atoms with E-state index >= 15 is 0 Å². The average molecular weight is 450 g/mol. The first-order valence-electron chi connectivity index (χ1n) is 11.2. The summed E-state index contributed by atoms with van der Waals surface area (Å²) in [6.45, 7) is 5.76. The maximum atomic E-state index is 13.2. The molecule has 1 N–H and O–H groups in total. The van der Waals surface area contributed by atoms with Gasteiger partial charge < -0.3 is 0 Å². The average Bonchev–Trinajstić information content (AvgIpc) is 3.37. The van der Waals surface area contributed by atoms with Crippen LogP contribution in [0.2, 0.25) is 0 Å². The van der Waals surface area contributed by atoms with Crippen molar-refractivity contribution in [2.45, 2.75) is 33.6 Å². The first-order valence-corrected chi connectivity index (χ1v) is 11.2. The van der Waals surface area contributed by atoms with Crippen molar-refractivity contribution in [3.05, 3.63) is 97.5 Å². The molecule has 7 heteroatoms. The van der Waals surface area contributed by atoms with Crippen LogP contribution in [0.5, 0.6) is 0 Å². The van der Waals surface area contributed by atoms with Gasteiger partial charge >= 0.3 is 0 Å². The number of nitrogens with one attached hydrogen (secondary N) is 1. The molecule has 0 bridgehead atoms. The second-order valence-corrected chi connectivity index (χ2v) is 9.02. The van der Waals surface area contributed by atoms with Crippen LogP contribution in [0.4, 0.5) is 0 Å². The number of carbonyl (C=O) groups excluding carboxylic acids is 2. The molecule has 2 heterocycles. The molecule has 2 aliphatic rings. The van der Waals surface area contributed by atoms with Crippen LogP contribution in [0.15, 0.2) is 52.4 Å². The third-order valence-electron chi connectivity index (χ3n) is 7.01. The van der Waals surface area contributed by atoms with Gasteiger partial charge in [-0.1, -0.05) is 18.2 Å². The van der Waals surface area contributed by atoms with Gasteiger partial charge in [-0.3, -0.25) is 19.5 Å². The molecule has 0 atom stereocenters. The second kappa shape index (κ2) is 7.12. The number of hydrogen-bond acceptors (Lipinski definition) is 4. The molecule has 34 heavy (non-hydrogen) atoms. The Bertz CT molecular complexity index is 1600. The molecule has 0 saturated carbocycles. The Morgan fingerprint density at radius 1 is 0.824 bits per heavy atom. The highest BCUT2D eigenvalue weighted by atomic mass is 16.2. The number of nitrogens with zero attached hydrogens (tertiary/aromatic N) is 3. The lowest BCUT2D eigenvalue weighted by Gasteiger charge is -2.23. The maximum Gasteiger partial charge on any atom is 0.282 e. The fourth-order valence-electron chi connectivity index (χ4n) is 4.98. The second-order valence-electron chi connectivity index (χ2n) is 9.02. The molecule has 4 aromatic rings. The predicted molar refractivity (Wildman–Crippen MR) is 130 cm³/mol. The normalized spacial score (nSPS) is 14.7. The largest absolute Gasteiger partial charge is 0.295 e. The topological polar surface area (TPSA) is 87.5 Å². The molecule has 3 aromatic carbocycles. The van der Waals surface area contributed by atoms with Crippen LogP contribution < -0.4 is 5.56 Å². The summed E-state index contributed by atoms with van der Waals surface area (Å²) < 4.78 is 1.44. The number of benzene rings is 3. The number of H-pyrrole nitrogens is 1. The van der Waals surface area contributed by atoms with Crippen molar-refractivity contribution in [3.63, 3.8) is 0 Å². The fraction of sp³-hybridized carbons (Fsp3) is 0.185. The lowest BCUT2D eigenvalue weighted by atomic mass is 9.92. The van der Waals surface area contributed by atoms with Gasteiger partial charge in [0.05, 0.1) is 28.6 Å². The van der Waals surface area contributed by atoms with Crippen molar-refractivity contribution in [1.29, 1.82) is 0 Å². The van der Waals surface area contributed by atoms with E-state index in [1.807, 2.05) is 44.2 Å². The molecular weight excluding hydrogens is 428 g/mol. The van der Waals surface area contributed by atoms with Crippen molar-refractivity contribution < 1.29 is 9.59 Å². The summed E-state index contributed by atoms with van der Waals surface area (Å²) in [7, 11) is 0. The number of aryl methyl sites for hydroxylation is 5. The number of hydrogen-bond donors (Lipinski definition) is 1. The Labute approximate surface area is 195 Å². The molecule has 0 unspecified atom stereocenters. The molecule has 7 nitrogen and oxygen atoms in total. The summed E-state index contributed by atoms with van der Waals surface area (Å²) in [6, 6.07) is 13.2. The van der Waals surface area contributed by atoms with Gasteiger partial charge in [-0.05, 0) is 85.5 Å². The molecular formula is C27H22N4O3. The Balaban J connectivity index is 1.40. The van der Waals surface area contributed by atoms with Gasteiger partial charge in [0, 0.05) is 11.1 Å². The van der Waals surface area contributed by atoms with Crippen LogP contribution >= 0.6 is 0 Å². The Morgan fingerprint density at radius 3 is 2.09 bits per heavy atom. The van der Waals surface area contributed by atoms with E-state index in [0.717, 1.165) is 39.7 Å². The third kappa shape index (κ3) is 2.76. The monoisotopic (exact) mass is 450 g/mol. The zero-order chi connectivity index (χ0) is 23.7. The summed E-state index contributed by atoms with van der Waals surface area (Å²) in [5.74, 6) is -0.959. The van der Waals surface area contributed by atoms with Crippen LogP contribution in [0, 0.1) is 20.8 Å². The minimum Gasteiger partial charge on any atom is -0.295 e. The van der Waals surface area contributed by atoms with Crippen LogP contribution in [0.25, 0.3) is 16.5 Å². The van der Waals surface area contributed by atoms with Gasteiger partial charge in [-0.15, -0.1) is 0 Å². The summed E-state index contributed by atoms with van der Waals surface area (Å²) in [5.41, 5.74) is 6.76. The van der Waals surface area contributed by atoms with E-state index in [4.69, 9.17) is 0 Å². The van der Waals surface area contributed by atoms with E-state index in [1.54, 1.807) is 19.1 Å². The number of aromatic amines is 1. The van der Waals surface area contributed by atoms with Gasteiger partial charge in [0.1, 0.15) is 0 Å². The predicted octanol–water partition coefficient (Wildman–Crippen LogP) is 3.97. The quantitative estimate of drug-likeness (QED) is 0.378. The number of amides is 2. The Morgan fingerprint density at radius 2 is 1.47 bits per heavy atom. The Hall–Kier alpha value is -4.26. The molecule has 1 aliphatic carbocycles. The molecule has 0 saturated heterocycles. The van der Waals surface area contributed by atoms with Gasteiger partial charge in [0.25, 0.3) is 17.4 Å². The van der Waals surface area contributed by atoms with Crippen molar-refractivity contribution in [2.24, 2.45) is 5.10 Å². The van der Waals surface area contributed by atoms with Crippen LogP contribution in [0.1, 0.15) is 54.2 Å². The molecule has 0 radical (unpaired) electrons. The number of imide groups is 1. The van der Waals surface area contributed by atoms with Crippen molar-refractivity contribution >= 4 is 28.8 Å². The summed E-state index contributed by atoms with van der Waals surface area (Å²) in [6.07, 6.45) is 3.13. The molecule has 1 aliphatic heterocycles. The van der Waals surface area contributed by atoms with Gasteiger partial charge in [-0.2, -0.15) is 10.1 Å². The SMILES string of the molecule is Cc1ccc(-n2[nH]c(C)c(C=NN3C(=O)c4ccc5c6c(ccc(c46)C3=O)CC5)c2=O)cc1C. The minimum absolute atomic E-state index is 0.290. The minimum atomic E-state index is -0.480. The van der Waals surface area contributed by atoms with E-state index in [2.05, 4.69) is 10.2 Å². The first kappa shape index (κ1) is 20.4. The summed E-state index contributed by atoms with van der Waals surface area (Å²) in [5, 5.41) is 9.87. The maximum absolute atomic E-state index is 13.2. The highest BCUT2D eigenvalue weighted by molar-refractivity contribution is 6.26. The molecule has 0 fully saturated rings. The molecule has 0 spiro atoms. The highest BCUT2D eigenvalue weighted by Crippen LogP contribution is 2.38. The van der Waals surface area contributed by atoms with E-state index in [-0.39, 0.29) is 5.56 Å². The lowest BCUT2D eigenvalue weighted by Crippen LogP contribution is -2.36. The lowest BCUT2D eigenvalue weighted by molar-refractivity contribution is 0.0616. The van der Waals surface area contributed by atoms with E-state index < -0.39 is 11.8 Å². The van der Waals surface area contributed by atoms with Crippen molar-refractivity contribution in [1.82, 2.24) is 14.8 Å². The van der Waals surface area contributed by atoms with E-state index in [9.17, 15) is 14.4 Å². The number of rotatable bonds is 3. The number of carbonyl (C=O) groups is 2. The summed E-state index contributed by atoms with van der Waals surface area (Å²) in [4.78, 5) is 39.6. The third-order valence-corrected chi connectivity index (χ3v) is 7.01. The number of aromatic nitrogens is 2. The smallest absolute Gasteiger partial charge is 0.282 e. The van der Waals surface area contributed by atoms with Gasteiger partial charge in [0.15, 0.2) is 0 Å². The Kier molecular flexibility index (Phi) is 4.26.